The molecule has 0 bridgehead atoms. The van der Waals surface area contributed by atoms with Crippen molar-refractivity contribution in [3.8, 4) is 5.75 Å². The van der Waals surface area contributed by atoms with Crippen LogP contribution >= 0.6 is 0 Å². The Morgan fingerprint density at radius 1 is 1.38 bits per heavy atom. The fourth-order valence-corrected chi connectivity index (χ4v) is 2.68. The third-order valence-corrected chi connectivity index (χ3v) is 4.25. The highest BCUT2D eigenvalue weighted by Crippen LogP contribution is 2.25. The van der Waals surface area contributed by atoms with E-state index in [0.717, 1.165) is 25.3 Å². The van der Waals surface area contributed by atoms with Gasteiger partial charge in [0.25, 0.3) is 0 Å². The van der Waals surface area contributed by atoms with E-state index in [9.17, 15) is 0 Å². The van der Waals surface area contributed by atoms with Gasteiger partial charge in [0.05, 0.1) is 18.8 Å². The second-order valence-corrected chi connectivity index (χ2v) is 5.95. The quantitative estimate of drug-likeness (QED) is 0.918. The summed E-state index contributed by atoms with van der Waals surface area (Å²) in [6.07, 6.45) is 5.03. The number of fused-ring (bicyclic) bond motifs is 1. The minimum Gasteiger partial charge on any atom is -0.493 e. The minimum atomic E-state index is 0.330. The van der Waals surface area contributed by atoms with Gasteiger partial charge in [-0.1, -0.05) is 12.1 Å². The second-order valence-electron chi connectivity index (χ2n) is 5.95. The van der Waals surface area contributed by atoms with Gasteiger partial charge in [-0.2, -0.15) is 5.10 Å². The summed E-state index contributed by atoms with van der Waals surface area (Å²) >= 11 is 0. The van der Waals surface area contributed by atoms with Gasteiger partial charge in [-0.25, -0.2) is 0 Å². The van der Waals surface area contributed by atoms with Gasteiger partial charge in [0, 0.05) is 25.2 Å². The largest absolute Gasteiger partial charge is 0.493 e. The van der Waals surface area contributed by atoms with E-state index in [-0.39, 0.29) is 0 Å². The Balaban J connectivity index is 1.59. The molecule has 1 N–H and O–H groups in total. The molecule has 0 spiro atoms. The lowest BCUT2D eigenvalue weighted by atomic mass is 10.1. The van der Waals surface area contributed by atoms with Crippen LogP contribution in [0.15, 0.2) is 30.6 Å². The predicted molar refractivity (Wildman–Crippen MR) is 83.6 cm³/mol. The Labute approximate surface area is 126 Å². The number of benzene rings is 1. The number of nitrogens with zero attached hydrogens (tertiary/aromatic N) is 2. The van der Waals surface area contributed by atoms with Gasteiger partial charge < -0.3 is 10.1 Å². The van der Waals surface area contributed by atoms with Crippen molar-refractivity contribution >= 4 is 0 Å². The lowest BCUT2D eigenvalue weighted by Gasteiger charge is -2.22. The molecule has 2 heterocycles. The van der Waals surface area contributed by atoms with E-state index in [0.29, 0.717) is 12.1 Å². The van der Waals surface area contributed by atoms with E-state index in [1.54, 1.807) is 0 Å². The van der Waals surface area contributed by atoms with Crippen molar-refractivity contribution in [2.75, 3.05) is 6.61 Å². The predicted octanol–water partition coefficient (Wildman–Crippen LogP) is 2.87. The molecule has 112 valence electrons. The van der Waals surface area contributed by atoms with Gasteiger partial charge in [-0.05, 0) is 43.5 Å². The van der Waals surface area contributed by atoms with Crippen LogP contribution in [0.5, 0.6) is 5.75 Å². The summed E-state index contributed by atoms with van der Waals surface area (Å²) in [5.74, 6) is 1.05. The Morgan fingerprint density at radius 2 is 2.24 bits per heavy atom. The minimum absolute atomic E-state index is 0.330. The van der Waals surface area contributed by atoms with Gasteiger partial charge in [-0.15, -0.1) is 0 Å². The number of ether oxygens (including phenoxy) is 1. The first-order valence-electron chi connectivity index (χ1n) is 7.62. The van der Waals surface area contributed by atoms with Crippen molar-refractivity contribution < 1.29 is 4.74 Å². The van der Waals surface area contributed by atoms with Crippen LogP contribution in [-0.4, -0.2) is 22.4 Å². The molecule has 0 fully saturated rings. The summed E-state index contributed by atoms with van der Waals surface area (Å²) in [5.41, 5.74) is 3.85. The maximum absolute atomic E-state index is 5.55. The lowest BCUT2D eigenvalue weighted by Crippen LogP contribution is -2.33. The molecular formula is C17H23N3O. The van der Waals surface area contributed by atoms with Crippen LogP contribution in [0, 0.1) is 6.92 Å². The summed E-state index contributed by atoms with van der Waals surface area (Å²) in [6, 6.07) is 7.17. The second kappa shape index (κ2) is 5.90. The molecular weight excluding hydrogens is 262 g/mol. The molecule has 2 aromatic rings. The Hall–Kier alpha value is -1.81. The molecule has 3 rings (SSSR count). The first-order chi connectivity index (χ1) is 10.1. The standard InChI is InChI=1S/C17H23N3O/c1-12-9-19-20(11-12)14(3)13(2)18-10-15-4-5-17-16(8-15)6-7-21-17/h4-5,8-9,11,13-14,18H,6-7,10H2,1-3H3/t13-,14-/m1/s1. The third kappa shape index (κ3) is 3.10. The van der Waals surface area contributed by atoms with E-state index in [1.165, 1.54) is 16.7 Å². The summed E-state index contributed by atoms with van der Waals surface area (Å²) in [7, 11) is 0. The summed E-state index contributed by atoms with van der Waals surface area (Å²) in [6.45, 7) is 8.16. The molecule has 0 amide bonds. The first-order valence-corrected chi connectivity index (χ1v) is 7.62. The summed E-state index contributed by atoms with van der Waals surface area (Å²) < 4.78 is 7.58. The number of rotatable bonds is 5. The van der Waals surface area contributed by atoms with E-state index >= 15 is 0 Å². The van der Waals surface area contributed by atoms with Gasteiger partial charge in [0.1, 0.15) is 5.75 Å². The average molecular weight is 285 g/mol. The molecule has 4 heteroatoms. The zero-order valence-electron chi connectivity index (χ0n) is 13.0. The molecule has 1 aliphatic heterocycles. The van der Waals surface area contributed by atoms with Crippen molar-refractivity contribution in [1.29, 1.82) is 0 Å². The van der Waals surface area contributed by atoms with Crippen LogP contribution in [-0.2, 0) is 13.0 Å². The van der Waals surface area contributed by atoms with Crippen LogP contribution in [0.25, 0.3) is 0 Å². The van der Waals surface area contributed by atoms with Gasteiger partial charge in [-0.3, -0.25) is 4.68 Å². The van der Waals surface area contributed by atoms with E-state index in [1.807, 2.05) is 10.9 Å². The molecule has 1 aromatic heterocycles. The van der Waals surface area contributed by atoms with Crippen LogP contribution in [0.2, 0.25) is 0 Å². The number of hydrogen-bond donors (Lipinski definition) is 1. The highest BCUT2D eigenvalue weighted by Gasteiger charge is 2.15. The average Bonchev–Trinajstić information content (AvgIpc) is 3.11. The summed E-state index contributed by atoms with van der Waals surface area (Å²) in [4.78, 5) is 0. The fourth-order valence-electron chi connectivity index (χ4n) is 2.68. The van der Waals surface area contributed by atoms with Crippen molar-refractivity contribution in [1.82, 2.24) is 15.1 Å². The molecule has 1 aromatic carbocycles. The topological polar surface area (TPSA) is 39.1 Å². The fraction of sp³-hybridized carbons (Fsp3) is 0.471. The van der Waals surface area contributed by atoms with Crippen LogP contribution in [0.1, 0.15) is 36.6 Å². The molecule has 1 aliphatic rings. The molecule has 2 atom stereocenters. The molecule has 21 heavy (non-hydrogen) atoms. The van der Waals surface area contributed by atoms with E-state index in [2.05, 4.69) is 55.6 Å². The van der Waals surface area contributed by atoms with Crippen molar-refractivity contribution in [2.24, 2.45) is 0 Å². The molecule has 0 saturated carbocycles. The molecule has 4 nitrogen and oxygen atoms in total. The Morgan fingerprint density at radius 3 is 3.00 bits per heavy atom. The maximum atomic E-state index is 5.55. The number of aromatic nitrogens is 2. The van der Waals surface area contributed by atoms with Gasteiger partial charge in [0.2, 0.25) is 0 Å². The molecule has 0 aliphatic carbocycles. The molecule has 0 saturated heterocycles. The maximum Gasteiger partial charge on any atom is 0.122 e. The summed E-state index contributed by atoms with van der Waals surface area (Å²) in [5, 5.41) is 8.00. The zero-order chi connectivity index (χ0) is 14.8. The Bertz CT molecular complexity index is 620. The van der Waals surface area contributed by atoms with Crippen molar-refractivity contribution in [2.45, 2.75) is 45.8 Å². The van der Waals surface area contributed by atoms with Crippen molar-refractivity contribution in [3.05, 3.63) is 47.3 Å². The normalized spacial score (nSPS) is 16.3. The lowest BCUT2D eigenvalue weighted by molar-refractivity contribution is 0.356. The van der Waals surface area contributed by atoms with Crippen molar-refractivity contribution in [3.63, 3.8) is 0 Å². The van der Waals surface area contributed by atoms with Crippen LogP contribution in [0.3, 0.4) is 0 Å². The third-order valence-electron chi connectivity index (χ3n) is 4.25. The molecule has 0 radical (unpaired) electrons. The number of aryl methyl sites for hydroxylation is 1. The van der Waals surface area contributed by atoms with Gasteiger partial charge in [0.15, 0.2) is 0 Å². The SMILES string of the molecule is Cc1cnn([C@H](C)[C@@H](C)NCc2ccc3c(c2)CCO3)c1. The molecule has 0 unspecified atom stereocenters. The zero-order valence-corrected chi connectivity index (χ0v) is 13.0. The van der Waals surface area contributed by atoms with Crippen LogP contribution < -0.4 is 10.1 Å². The highest BCUT2D eigenvalue weighted by molar-refractivity contribution is 5.39. The van der Waals surface area contributed by atoms with E-state index in [4.69, 9.17) is 4.74 Å². The highest BCUT2D eigenvalue weighted by atomic mass is 16.5. The number of nitrogens with one attached hydrogen (secondary N) is 1. The van der Waals surface area contributed by atoms with E-state index < -0.39 is 0 Å². The monoisotopic (exact) mass is 285 g/mol. The smallest absolute Gasteiger partial charge is 0.122 e. The first kappa shape index (κ1) is 14.1. The van der Waals surface area contributed by atoms with Gasteiger partial charge >= 0.3 is 0 Å². The van der Waals surface area contributed by atoms with Crippen LogP contribution in [0.4, 0.5) is 0 Å². The Kier molecular flexibility index (Phi) is 3.97. The number of hydrogen-bond acceptors (Lipinski definition) is 3.